The number of fused-ring (bicyclic) bond motifs is 1. The number of oxazole rings is 1. The summed E-state index contributed by atoms with van der Waals surface area (Å²) < 4.78 is 51.6. The molecule has 198 valence electrons. The van der Waals surface area contributed by atoms with E-state index >= 15 is 0 Å². The third kappa shape index (κ3) is 15.9. The molecule has 1 N–H and O–H groups in total. The summed E-state index contributed by atoms with van der Waals surface area (Å²) in [5.41, 5.74) is 2.72. The molecule has 0 saturated heterocycles. The van der Waals surface area contributed by atoms with Crippen LogP contribution >= 0.6 is 0 Å². The third-order valence-corrected chi connectivity index (χ3v) is 4.15. The van der Waals surface area contributed by atoms with Crippen LogP contribution in [0.25, 0.3) is 11.1 Å². The van der Waals surface area contributed by atoms with E-state index in [2.05, 4.69) is 17.2 Å². The molecule has 1 atom stereocenters. The molecule has 0 aliphatic heterocycles. The third-order valence-electron chi connectivity index (χ3n) is 4.15. The molecule has 1 heterocycles. The Bertz CT molecular complexity index is 864. The molecule has 0 radical (unpaired) electrons. The number of benzene rings is 2. The summed E-state index contributed by atoms with van der Waals surface area (Å²) in [6, 6.07) is 15.1. The molecule has 3 aromatic rings. The molecule has 8 heteroatoms. The summed E-state index contributed by atoms with van der Waals surface area (Å²) in [6.07, 6.45) is -2.21. The highest BCUT2D eigenvalue weighted by molar-refractivity contribution is 5.71. The molecule has 0 aliphatic carbocycles. The molecular formula is C27H41F3N2O3. The Balaban J connectivity index is 0.000000634. The van der Waals surface area contributed by atoms with Crippen molar-refractivity contribution in [2.24, 2.45) is 0 Å². The van der Waals surface area contributed by atoms with Crippen LogP contribution in [0.3, 0.4) is 0 Å². The Morgan fingerprint density at radius 1 is 1.03 bits per heavy atom. The SMILES string of the molecule is CC.CCCCOc1ccc(CC(C)OCC(F)(F)F)cc1.CNC.Cc1nc2ccccc2o1. The number of unbranched alkanes of at least 4 members (excludes halogenated alkanes) is 1. The van der Waals surface area contributed by atoms with E-state index in [0.717, 1.165) is 41.1 Å². The van der Waals surface area contributed by atoms with Gasteiger partial charge in [-0.05, 0) is 63.7 Å². The fraction of sp³-hybridized carbons (Fsp3) is 0.519. The number of halogens is 3. The maximum atomic E-state index is 12.0. The second kappa shape index (κ2) is 18.7. The Kier molecular flexibility index (Phi) is 17.3. The quantitative estimate of drug-likeness (QED) is 0.329. The maximum Gasteiger partial charge on any atom is 0.411 e. The lowest BCUT2D eigenvalue weighted by Crippen LogP contribution is -2.22. The first kappa shape index (κ1) is 32.4. The van der Waals surface area contributed by atoms with E-state index in [4.69, 9.17) is 13.9 Å². The summed E-state index contributed by atoms with van der Waals surface area (Å²) in [6.45, 7) is 9.06. The zero-order valence-corrected chi connectivity index (χ0v) is 22.0. The molecule has 3 rings (SSSR count). The van der Waals surface area contributed by atoms with Gasteiger partial charge in [0.2, 0.25) is 0 Å². The molecule has 1 aromatic heterocycles. The largest absolute Gasteiger partial charge is 0.494 e. The molecule has 0 amide bonds. The second-order valence-corrected chi connectivity index (χ2v) is 7.49. The van der Waals surface area contributed by atoms with Gasteiger partial charge in [0.05, 0.1) is 12.7 Å². The van der Waals surface area contributed by atoms with Crippen LogP contribution in [0.4, 0.5) is 13.2 Å². The Morgan fingerprint density at radius 3 is 2.17 bits per heavy atom. The van der Waals surface area contributed by atoms with E-state index in [9.17, 15) is 13.2 Å². The molecule has 35 heavy (non-hydrogen) atoms. The average molecular weight is 499 g/mol. The molecule has 1 unspecified atom stereocenters. The summed E-state index contributed by atoms with van der Waals surface area (Å²) >= 11 is 0. The number of nitrogens with zero attached hydrogens (tertiary/aromatic N) is 1. The zero-order chi connectivity index (χ0) is 26.7. The molecule has 0 fully saturated rings. The lowest BCUT2D eigenvalue weighted by Gasteiger charge is -2.15. The van der Waals surface area contributed by atoms with E-state index in [0.29, 0.717) is 13.0 Å². The van der Waals surface area contributed by atoms with E-state index in [1.54, 1.807) is 6.92 Å². The van der Waals surface area contributed by atoms with E-state index < -0.39 is 18.9 Å². The fourth-order valence-corrected chi connectivity index (χ4v) is 2.67. The zero-order valence-electron chi connectivity index (χ0n) is 22.0. The lowest BCUT2D eigenvalue weighted by atomic mass is 10.1. The lowest BCUT2D eigenvalue weighted by molar-refractivity contribution is -0.183. The smallest absolute Gasteiger partial charge is 0.411 e. The van der Waals surface area contributed by atoms with Gasteiger partial charge >= 0.3 is 6.18 Å². The Morgan fingerprint density at radius 2 is 1.63 bits per heavy atom. The van der Waals surface area contributed by atoms with Gasteiger partial charge in [-0.1, -0.05) is 51.5 Å². The average Bonchev–Trinajstić information content (AvgIpc) is 3.21. The van der Waals surface area contributed by atoms with Gasteiger partial charge in [0.1, 0.15) is 17.9 Å². The number of aromatic nitrogens is 1. The van der Waals surface area contributed by atoms with E-state index in [-0.39, 0.29) is 0 Å². The van der Waals surface area contributed by atoms with Gasteiger partial charge in [0.25, 0.3) is 0 Å². The number of aryl methyl sites for hydroxylation is 1. The van der Waals surface area contributed by atoms with Crippen molar-refractivity contribution < 1.29 is 27.1 Å². The highest BCUT2D eigenvalue weighted by Gasteiger charge is 2.28. The van der Waals surface area contributed by atoms with Crippen molar-refractivity contribution in [1.29, 1.82) is 0 Å². The summed E-state index contributed by atoms with van der Waals surface area (Å²) in [5.74, 6) is 1.51. The van der Waals surface area contributed by atoms with Crippen molar-refractivity contribution in [3.05, 3.63) is 60.0 Å². The summed E-state index contributed by atoms with van der Waals surface area (Å²) in [7, 11) is 3.75. The number of hydrogen-bond acceptors (Lipinski definition) is 5. The number of hydrogen-bond donors (Lipinski definition) is 1. The molecule has 0 aliphatic rings. The van der Waals surface area contributed by atoms with Crippen molar-refractivity contribution in [2.75, 3.05) is 27.3 Å². The minimum atomic E-state index is -4.27. The van der Waals surface area contributed by atoms with Gasteiger partial charge < -0.3 is 19.2 Å². The highest BCUT2D eigenvalue weighted by Crippen LogP contribution is 2.18. The number of alkyl halides is 3. The van der Waals surface area contributed by atoms with Gasteiger partial charge in [0, 0.05) is 6.92 Å². The minimum absolute atomic E-state index is 0.450. The van der Waals surface area contributed by atoms with Crippen LogP contribution in [0.5, 0.6) is 5.75 Å². The normalized spacial score (nSPS) is 11.3. The predicted octanol–water partition coefficient (Wildman–Crippen LogP) is 7.37. The number of para-hydroxylation sites is 2. The molecule has 0 spiro atoms. The fourth-order valence-electron chi connectivity index (χ4n) is 2.67. The van der Waals surface area contributed by atoms with Crippen LogP contribution in [0.1, 0.15) is 52.0 Å². The van der Waals surface area contributed by atoms with Crippen molar-refractivity contribution in [1.82, 2.24) is 10.3 Å². The minimum Gasteiger partial charge on any atom is -0.494 e. The van der Waals surface area contributed by atoms with Crippen molar-refractivity contribution in [3.8, 4) is 5.75 Å². The topological polar surface area (TPSA) is 56.5 Å². The van der Waals surface area contributed by atoms with Gasteiger partial charge in [-0.25, -0.2) is 4.98 Å². The molecule has 0 saturated carbocycles. The summed E-state index contributed by atoms with van der Waals surface area (Å²) in [4.78, 5) is 4.15. The van der Waals surface area contributed by atoms with Crippen LogP contribution in [-0.4, -0.2) is 44.6 Å². The first-order chi connectivity index (χ1) is 16.7. The van der Waals surface area contributed by atoms with Gasteiger partial charge in [-0.2, -0.15) is 13.2 Å². The first-order valence-electron chi connectivity index (χ1n) is 12.0. The number of rotatable bonds is 8. The first-order valence-corrected chi connectivity index (χ1v) is 12.0. The van der Waals surface area contributed by atoms with Crippen molar-refractivity contribution in [3.63, 3.8) is 0 Å². The van der Waals surface area contributed by atoms with Crippen LogP contribution in [0, 0.1) is 6.92 Å². The maximum absolute atomic E-state index is 12.0. The Hall–Kier alpha value is -2.58. The molecular weight excluding hydrogens is 457 g/mol. The van der Waals surface area contributed by atoms with Gasteiger partial charge in [-0.15, -0.1) is 0 Å². The van der Waals surface area contributed by atoms with Crippen LogP contribution < -0.4 is 10.1 Å². The summed E-state index contributed by atoms with van der Waals surface area (Å²) in [5, 5.41) is 2.75. The van der Waals surface area contributed by atoms with E-state index in [1.807, 2.05) is 83.4 Å². The number of ether oxygens (including phenoxy) is 2. The van der Waals surface area contributed by atoms with Crippen molar-refractivity contribution >= 4 is 11.1 Å². The highest BCUT2D eigenvalue weighted by atomic mass is 19.4. The van der Waals surface area contributed by atoms with Gasteiger partial charge in [-0.3, -0.25) is 0 Å². The predicted molar refractivity (Wildman–Crippen MR) is 137 cm³/mol. The standard InChI is InChI=1S/C15H21F3O2.C8H7NO.C2H7N.C2H6/c1-3-4-9-19-14-7-5-13(6-8-14)10-12(2)20-11-15(16,17)18;1-6-9-7-4-2-3-5-8(7)10-6;1-3-2;1-2/h5-8,12H,3-4,9-11H2,1-2H3;2-5H,1H3;3H,1-2H3;1-2H3. The monoisotopic (exact) mass is 498 g/mol. The van der Waals surface area contributed by atoms with Gasteiger partial charge in [0.15, 0.2) is 11.5 Å². The van der Waals surface area contributed by atoms with Crippen LogP contribution in [0.2, 0.25) is 0 Å². The molecule has 0 bridgehead atoms. The van der Waals surface area contributed by atoms with Crippen LogP contribution in [0.15, 0.2) is 52.9 Å². The van der Waals surface area contributed by atoms with Crippen molar-refractivity contribution in [2.45, 2.75) is 66.2 Å². The van der Waals surface area contributed by atoms with Crippen LogP contribution in [-0.2, 0) is 11.2 Å². The van der Waals surface area contributed by atoms with E-state index in [1.165, 1.54) is 0 Å². The molecule has 5 nitrogen and oxygen atoms in total. The molecule has 2 aromatic carbocycles. The Labute approximate surface area is 208 Å². The second-order valence-electron chi connectivity index (χ2n) is 7.49. The number of nitrogens with one attached hydrogen (secondary N) is 1.